The summed E-state index contributed by atoms with van der Waals surface area (Å²) in [6.07, 6.45) is 0. The molecule has 0 aliphatic heterocycles. The van der Waals surface area contributed by atoms with Gasteiger partial charge in [0.1, 0.15) is 0 Å². The molecule has 0 saturated heterocycles. The monoisotopic (exact) mass is 202 g/mol. The van der Waals surface area contributed by atoms with Gasteiger partial charge in [-0.2, -0.15) is 8.42 Å². The molecule has 11 heavy (non-hydrogen) atoms. The lowest BCUT2D eigenvalue weighted by atomic mass is 10.9. The van der Waals surface area contributed by atoms with Gasteiger partial charge in [0.25, 0.3) is 0 Å². The third-order valence-electron chi connectivity index (χ3n) is 0.673. The molecule has 0 aromatic heterocycles. The van der Waals surface area contributed by atoms with E-state index in [9.17, 15) is 13.0 Å². The summed E-state index contributed by atoms with van der Waals surface area (Å²) in [5, 5.41) is 0.696. The van der Waals surface area contributed by atoms with Crippen LogP contribution in [-0.4, -0.2) is 32.4 Å². The molecule has 66 valence electrons. The second-order valence-corrected chi connectivity index (χ2v) is 3.79. The van der Waals surface area contributed by atoms with Crippen LogP contribution in [0.3, 0.4) is 0 Å². The topological polar surface area (TPSA) is 89.9 Å². The first-order valence-electron chi connectivity index (χ1n) is 2.42. The highest BCUT2D eigenvalue weighted by atomic mass is 32.2. The maximum atomic E-state index is 10.5. The third kappa shape index (κ3) is 6.21. The fourth-order valence-corrected chi connectivity index (χ4v) is 0.881. The zero-order valence-corrected chi connectivity index (χ0v) is 7.34. The van der Waals surface area contributed by atoms with Gasteiger partial charge in [0.05, 0.1) is 12.0 Å². The van der Waals surface area contributed by atoms with E-state index >= 15 is 0 Å². The zero-order chi connectivity index (χ0) is 8.91. The van der Waals surface area contributed by atoms with E-state index in [1.54, 1.807) is 0 Å². The van der Waals surface area contributed by atoms with E-state index in [1.807, 2.05) is 0 Å². The molecule has 0 aliphatic rings. The molecule has 0 saturated carbocycles. The molecule has 0 aromatic carbocycles. The molecule has 1 N–H and O–H groups in total. The average molecular weight is 202 g/mol. The van der Waals surface area contributed by atoms with Gasteiger partial charge in [-0.3, -0.25) is 9.05 Å². The van der Waals surface area contributed by atoms with Crippen molar-refractivity contribution in [3.05, 3.63) is 0 Å². The normalized spacial score (nSPS) is 15.5. The molecule has 8 heteroatoms. The van der Waals surface area contributed by atoms with Crippen LogP contribution in [0.4, 0.5) is 0 Å². The van der Waals surface area contributed by atoms with Crippen molar-refractivity contribution < 1.29 is 26.9 Å². The van der Waals surface area contributed by atoms with E-state index in [2.05, 4.69) is 9.05 Å². The smallest absolute Gasteiger partial charge is 0.302 e. The Hall–Kier alpha value is -0.200. The number of phosphoric acid groups is 1. The summed E-state index contributed by atoms with van der Waals surface area (Å²) >= 11 is 0. The maximum Gasteiger partial charge on any atom is 0.472 e. The van der Waals surface area contributed by atoms with E-state index in [4.69, 9.17) is 4.89 Å². The summed E-state index contributed by atoms with van der Waals surface area (Å²) in [5.41, 5.74) is 0. The Balaban J connectivity index is 3.91. The lowest BCUT2D eigenvalue weighted by Gasteiger charge is -2.04. The molecule has 0 spiro atoms. The van der Waals surface area contributed by atoms with Crippen LogP contribution in [-0.2, 0) is 23.9 Å². The lowest BCUT2D eigenvalue weighted by Crippen LogP contribution is -1.95. The summed E-state index contributed by atoms with van der Waals surface area (Å²) < 4.78 is 38.2. The molecule has 0 amide bonds. The van der Waals surface area contributed by atoms with Crippen molar-refractivity contribution in [2.24, 2.45) is 0 Å². The minimum atomic E-state index is -4.03. The molecule has 6 nitrogen and oxygen atoms in total. The van der Waals surface area contributed by atoms with Crippen LogP contribution in [0, 0.1) is 0 Å². The van der Waals surface area contributed by atoms with Crippen LogP contribution < -0.4 is 0 Å². The van der Waals surface area contributed by atoms with E-state index < -0.39 is 24.7 Å². The van der Waals surface area contributed by atoms with Gasteiger partial charge in [0.2, 0.25) is 10.3 Å². The van der Waals surface area contributed by atoms with Crippen molar-refractivity contribution in [2.75, 3.05) is 13.7 Å². The third-order valence-corrected chi connectivity index (χ3v) is 2.02. The summed E-state index contributed by atoms with van der Waals surface area (Å²) in [6, 6.07) is 0. The fourth-order valence-electron chi connectivity index (χ4n) is 0.233. The van der Waals surface area contributed by atoms with Gasteiger partial charge < -0.3 is 4.89 Å². The fraction of sp³-hybridized carbons (Fsp3) is 0.667. The number of hydrogen-bond donors (Lipinski definition) is 1. The van der Waals surface area contributed by atoms with Crippen LogP contribution >= 0.6 is 7.82 Å². The van der Waals surface area contributed by atoms with E-state index in [-0.39, 0.29) is 0 Å². The first kappa shape index (κ1) is 10.8. The minimum Gasteiger partial charge on any atom is -0.302 e. The maximum absolute atomic E-state index is 10.5. The van der Waals surface area contributed by atoms with E-state index in [0.29, 0.717) is 5.37 Å². The second-order valence-electron chi connectivity index (χ2n) is 1.37. The standard InChI is InChI=1S/C3H7O6PS/c1-8-10(4,5)9-2-3-11(6)7/h3H,2H2,1H3,(H,4,5). The van der Waals surface area contributed by atoms with Crippen molar-refractivity contribution in [1.82, 2.24) is 0 Å². The molecular weight excluding hydrogens is 195 g/mol. The molecule has 0 aliphatic carbocycles. The largest absolute Gasteiger partial charge is 0.472 e. The summed E-state index contributed by atoms with van der Waals surface area (Å²) in [6.45, 7) is -0.474. The molecule has 0 bridgehead atoms. The lowest BCUT2D eigenvalue weighted by molar-refractivity contribution is 0.194. The highest BCUT2D eigenvalue weighted by molar-refractivity contribution is 7.71. The molecule has 0 fully saturated rings. The Morgan fingerprint density at radius 1 is 1.64 bits per heavy atom. The Morgan fingerprint density at radius 3 is 2.55 bits per heavy atom. The van der Waals surface area contributed by atoms with Crippen LogP contribution in [0.15, 0.2) is 0 Å². The van der Waals surface area contributed by atoms with Crippen LogP contribution in [0.5, 0.6) is 0 Å². The van der Waals surface area contributed by atoms with E-state index in [0.717, 1.165) is 7.11 Å². The van der Waals surface area contributed by atoms with Gasteiger partial charge in [-0.15, -0.1) is 0 Å². The summed E-state index contributed by atoms with van der Waals surface area (Å²) in [4.78, 5) is 8.53. The van der Waals surface area contributed by atoms with Crippen molar-refractivity contribution >= 4 is 23.5 Å². The predicted molar refractivity (Wildman–Crippen MR) is 37.8 cm³/mol. The Labute approximate surface area is 64.9 Å². The number of rotatable bonds is 4. The first-order valence-corrected chi connectivity index (χ1v) is 5.06. The number of hydrogen-bond acceptors (Lipinski definition) is 5. The van der Waals surface area contributed by atoms with Gasteiger partial charge in [-0.25, -0.2) is 4.57 Å². The minimum absolute atomic E-state index is 0.474. The molecule has 0 radical (unpaired) electrons. The molecule has 0 aromatic rings. The predicted octanol–water partition coefficient (Wildman–Crippen LogP) is -0.569. The Morgan fingerprint density at radius 2 is 2.18 bits per heavy atom. The summed E-state index contributed by atoms with van der Waals surface area (Å²) in [5.74, 6) is 0. The molecule has 0 heterocycles. The SMILES string of the molecule is COP(=O)(O)OCC=S(=O)=O. The van der Waals surface area contributed by atoms with Crippen molar-refractivity contribution in [3.63, 3.8) is 0 Å². The molecular formula is C3H7O6PS. The van der Waals surface area contributed by atoms with Crippen molar-refractivity contribution in [3.8, 4) is 0 Å². The Bertz CT molecular complexity index is 270. The van der Waals surface area contributed by atoms with Crippen LogP contribution in [0.1, 0.15) is 0 Å². The van der Waals surface area contributed by atoms with Crippen molar-refractivity contribution in [1.29, 1.82) is 0 Å². The summed E-state index contributed by atoms with van der Waals surface area (Å²) in [7, 11) is -5.44. The highest BCUT2D eigenvalue weighted by Crippen LogP contribution is 2.41. The first-order chi connectivity index (χ1) is 4.98. The zero-order valence-electron chi connectivity index (χ0n) is 5.63. The van der Waals surface area contributed by atoms with Crippen molar-refractivity contribution in [2.45, 2.75) is 0 Å². The highest BCUT2D eigenvalue weighted by Gasteiger charge is 2.16. The van der Waals surface area contributed by atoms with Crippen LogP contribution in [0.25, 0.3) is 0 Å². The van der Waals surface area contributed by atoms with Gasteiger partial charge in [0.15, 0.2) is 0 Å². The quantitative estimate of drug-likeness (QED) is 0.485. The van der Waals surface area contributed by atoms with Gasteiger partial charge in [-0.05, 0) is 0 Å². The molecule has 1 unspecified atom stereocenters. The van der Waals surface area contributed by atoms with Gasteiger partial charge >= 0.3 is 7.82 Å². The van der Waals surface area contributed by atoms with E-state index in [1.165, 1.54) is 0 Å². The van der Waals surface area contributed by atoms with Gasteiger partial charge in [0, 0.05) is 7.11 Å². The second kappa shape index (κ2) is 4.63. The Kier molecular flexibility index (Phi) is 4.55. The van der Waals surface area contributed by atoms with Gasteiger partial charge in [-0.1, -0.05) is 0 Å². The van der Waals surface area contributed by atoms with Crippen LogP contribution in [0.2, 0.25) is 0 Å². The molecule has 0 rings (SSSR count). The molecule has 1 atom stereocenters. The number of phosphoric ester groups is 1. The average Bonchev–Trinajstić information content (AvgIpc) is 1.87.